The van der Waals surface area contributed by atoms with Crippen LogP contribution in [-0.2, 0) is 0 Å². The number of likely N-dealkylation sites (tertiary alicyclic amines) is 1. The lowest BCUT2D eigenvalue weighted by atomic mass is 10.3. The summed E-state index contributed by atoms with van der Waals surface area (Å²) in [6, 6.07) is 0. The van der Waals surface area contributed by atoms with Crippen molar-refractivity contribution in [3.05, 3.63) is 12.3 Å². The Morgan fingerprint density at radius 1 is 1.50 bits per heavy atom. The van der Waals surface area contributed by atoms with Crippen molar-refractivity contribution in [1.82, 2.24) is 15.1 Å². The summed E-state index contributed by atoms with van der Waals surface area (Å²) in [5.74, 6) is 2.99. The fourth-order valence-corrected chi connectivity index (χ4v) is 2.43. The van der Waals surface area contributed by atoms with Crippen LogP contribution < -0.4 is 0 Å². The van der Waals surface area contributed by atoms with E-state index in [9.17, 15) is 0 Å². The van der Waals surface area contributed by atoms with E-state index < -0.39 is 0 Å². The Hall–Kier alpha value is -0.900. The molecule has 2 fully saturated rings. The molecule has 0 aromatic carbocycles. The predicted octanol–water partition coefficient (Wildman–Crippen LogP) is 0.345. The van der Waals surface area contributed by atoms with Gasteiger partial charge in [-0.25, -0.2) is 0 Å². The Labute approximate surface area is 70.6 Å². The molecular formula is C8H11N3O. The molecule has 1 aliphatic carbocycles. The molecule has 0 amide bonds. The fraction of sp³-hybridized carbons (Fsp3) is 0.750. The first-order chi connectivity index (χ1) is 5.86. The van der Waals surface area contributed by atoms with Crippen LogP contribution in [0.2, 0.25) is 0 Å². The van der Waals surface area contributed by atoms with Gasteiger partial charge in [0, 0.05) is 19.0 Å². The summed E-state index contributed by atoms with van der Waals surface area (Å²) < 4.78 is 5.19. The highest BCUT2D eigenvalue weighted by molar-refractivity contribution is 5.16. The summed E-state index contributed by atoms with van der Waals surface area (Å²) in [6.45, 7) is 2.38. The third-order valence-corrected chi connectivity index (χ3v) is 3.04. The van der Waals surface area contributed by atoms with Crippen LogP contribution in [0.4, 0.5) is 0 Å². The largest absolute Gasteiger partial charge is 0.428 e. The van der Waals surface area contributed by atoms with E-state index in [1.54, 1.807) is 0 Å². The second-order valence-electron chi connectivity index (χ2n) is 3.85. The third kappa shape index (κ3) is 0.756. The van der Waals surface area contributed by atoms with Crippen molar-refractivity contribution in [2.75, 3.05) is 20.1 Å². The molecule has 1 unspecified atom stereocenters. The first-order valence-corrected chi connectivity index (χ1v) is 4.31. The Balaban J connectivity index is 1.78. The number of aromatic nitrogens is 2. The number of piperidine rings is 1. The second-order valence-corrected chi connectivity index (χ2v) is 3.85. The summed E-state index contributed by atoms with van der Waals surface area (Å²) in [5, 5.41) is 7.65. The molecule has 4 heteroatoms. The van der Waals surface area contributed by atoms with Gasteiger partial charge in [-0.15, -0.1) is 10.2 Å². The molecule has 1 aromatic heterocycles. The van der Waals surface area contributed by atoms with E-state index in [1.165, 1.54) is 19.5 Å². The molecule has 3 atom stereocenters. The Morgan fingerprint density at radius 3 is 2.83 bits per heavy atom. The van der Waals surface area contributed by atoms with Gasteiger partial charge in [-0.05, 0) is 18.9 Å². The molecule has 2 heterocycles. The lowest BCUT2D eigenvalue weighted by Crippen LogP contribution is -2.18. The Morgan fingerprint density at radius 2 is 2.25 bits per heavy atom. The van der Waals surface area contributed by atoms with Crippen molar-refractivity contribution in [2.24, 2.45) is 11.8 Å². The first kappa shape index (κ1) is 6.60. The molecule has 1 saturated carbocycles. The first-order valence-electron chi connectivity index (χ1n) is 4.31. The summed E-state index contributed by atoms with van der Waals surface area (Å²) in [6.07, 6.45) is 1.42. The van der Waals surface area contributed by atoms with Gasteiger partial charge in [0.2, 0.25) is 12.3 Å². The van der Waals surface area contributed by atoms with Crippen LogP contribution in [0.3, 0.4) is 0 Å². The standard InChI is InChI=1S/C8H11N3O/c1-11-2-5-6(3-11)7(5)8-10-9-4-12-8/h4-7H,2-3H2,1H3/t5-,6?,7+/m1/s1. The maximum Gasteiger partial charge on any atom is 0.219 e. The van der Waals surface area contributed by atoms with E-state index in [2.05, 4.69) is 22.1 Å². The van der Waals surface area contributed by atoms with Crippen molar-refractivity contribution >= 4 is 0 Å². The SMILES string of the molecule is CN1CC2[C@@H](C1)[C@@H]2c1nnco1. The predicted molar refractivity (Wildman–Crippen MR) is 41.5 cm³/mol. The van der Waals surface area contributed by atoms with Gasteiger partial charge in [-0.1, -0.05) is 0 Å². The molecule has 64 valence electrons. The zero-order valence-corrected chi connectivity index (χ0v) is 6.97. The summed E-state index contributed by atoms with van der Waals surface area (Å²) in [5.41, 5.74) is 0. The molecule has 1 saturated heterocycles. The minimum Gasteiger partial charge on any atom is -0.428 e. The molecule has 1 aliphatic heterocycles. The van der Waals surface area contributed by atoms with Gasteiger partial charge >= 0.3 is 0 Å². The molecule has 12 heavy (non-hydrogen) atoms. The highest BCUT2D eigenvalue weighted by atomic mass is 16.4. The van der Waals surface area contributed by atoms with Gasteiger partial charge in [0.05, 0.1) is 0 Å². The third-order valence-electron chi connectivity index (χ3n) is 3.04. The summed E-state index contributed by atoms with van der Waals surface area (Å²) >= 11 is 0. The van der Waals surface area contributed by atoms with Crippen molar-refractivity contribution in [3.8, 4) is 0 Å². The molecule has 0 spiro atoms. The van der Waals surface area contributed by atoms with Crippen LogP contribution in [0, 0.1) is 11.8 Å². The van der Waals surface area contributed by atoms with Gasteiger partial charge in [-0.3, -0.25) is 0 Å². The maximum absolute atomic E-state index is 5.19. The molecule has 1 aromatic rings. The van der Waals surface area contributed by atoms with E-state index in [4.69, 9.17) is 4.42 Å². The van der Waals surface area contributed by atoms with Gasteiger partial charge in [0.15, 0.2) is 0 Å². The quantitative estimate of drug-likeness (QED) is 0.602. The van der Waals surface area contributed by atoms with Crippen molar-refractivity contribution in [3.63, 3.8) is 0 Å². The number of fused-ring (bicyclic) bond motifs is 1. The van der Waals surface area contributed by atoms with Crippen molar-refractivity contribution in [2.45, 2.75) is 5.92 Å². The average Bonchev–Trinajstić information content (AvgIpc) is 2.58. The lowest BCUT2D eigenvalue weighted by molar-refractivity contribution is 0.347. The highest BCUT2D eigenvalue weighted by Gasteiger charge is 2.57. The number of nitrogens with zero attached hydrogens (tertiary/aromatic N) is 3. The van der Waals surface area contributed by atoms with Crippen LogP contribution in [0.15, 0.2) is 10.8 Å². The van der Waals surface area contributed by atoms with Crippen LogP contribution in [0.5, 0.6) is 0 Å². The fourth-order valence-electron chi connectivity index (χ4n) is 2.43. The van der Waals surface area contributed by atoms with Gasteiger partial charge < -0.3 is 9.32 Å². The Kier molecular flexibility index (Phi) is 1.14. The van der Waals surface area contributed by atoms with E-state index in [0.29, 0.717) is 5.92 Å². The minimum atomic E-state index is 0.573. The van der Waals surface area contributed by atoms with Gasteiger partial charge in [0.25, 0.3) is 0 Å². The molecular weight excluding hydrogens is 154 g/mol. The smallest absolute Gasteiger partial charge is 0.219 e. The molecule has 0 bridgehead atoms. The second kappa shape index (κ2) is 2.07. The van der Waals surface area contributed by atoms with E-state index >= 15 is 0 Å². The van der Waals surface area contributed by atoms with Crippen LogP contribution in [-0.4, -0.2) is 35.2 Å². The molecule has 3 rings (SSSR count). The molecule has 0 N–H and O–H groups in total. The summed E-state index contributed by atoms with van der Waals surface area (Å²) in [4.78, 5) is 2.36. The van der Waals surface area contributed by atoms with E-state index in [1.807, 2.05) is 0 Å². The lowest BCUT2D eigenvalue weighted by Gasteiger charge is -2.10. The Bertz CT molecular complexity index is 273. The van der Waals surface area contributed by atoms with Gasteiger partial charge in [0.1, 0.15) is 0 Å². The van der Waals surface area contributed by atoms with Gasteiger partial charge in [-0.2, -0.15) is 0 Å². The number of rotatable bonds is 1. The van der Waals surface area contributed by atoms with E-state index in [0.717, 1.165) is 17.7 Å². The molecule has 2 aliphatic rings. The normalized spacial score (nSPS) is 39.9. The number of hydrogen-bond donors (Lipinski definition) is 0. The molecule has 4 nitrogen and oxygen atoms in total. The zero-order chi connectivity index (χ0) is 8.13. The topological polar surface area (TPSA) is 42.2 Å². The minimum absolute atomic E-state index is 0.573. The van der Waals surface area contributed by atoms with Crippen molar-refractivity contribution in [1.29, 1.82) is 0 Å². The highest BCUT2D eigenvalue weighted by Crippen LogP contribution is 2.57. The van der Waals surface area contributed by atoms with Crippen molar-refractivity contribution < 1.29 is 4.42 Å². The van der Waals surface area contributed by atoms with Crippen LogP contribution in [0.25, 0.3) is 0 Å². The van der Waals surface area contributed by atoms with Crippen LogP contribution in [0.1, 0.15) is 11.8 Å². The average molecular weight is 165 g/mol. The monoisotopic (exact) mass is 165 g/mol. The summed E-state index contributed by atoms with van der Waals surface area (Å²) in [7, 11) is 2.16. The van der Waals surface area contributed by atoms with E-state index in [-0.39, 0.29) is 0 Å². The maximum atomic E-state index is 5.19. The molecule has 0 radical (unpaired) electrons. The number of hydrogen-bond acceptors (Lipinski definition) is 4. The zero-order valence-electron chi connectivity index (χ0n) is 6.97. The van der Waals surface area contributed by atoms with Crippen LogP contribution >= 0.6 is 0 Å².